The van der Waals surface area contributed by atoms with Gasteiger partial charge in [0.25, 0.3) is 0 Å². The summed E-state index contributed by atoms with van der Waals surface area (Å²) in [5.74, 6) is -0.302. The second-order valence-corrected chi connectivity index (χ2v) is 7.37. The molecule has 0 fully saturated rings. The summed E-state index contributed by atoms with van der Waals surface area (Å²) >= 11 is 1.59. The lowest BCUT2D eigenvalue weighted by atomic mass is 10.1. The third kappa shape index (κ3) is 5.37. The summed E-state index contributed by atoms with van der Waals surface area (Å²) in [6, 6.07) is 13.8. The molecular weight excluding hydrogens is 365 g/mol. The van der Waals surface area contributed by atoms with Crippen molar-refractivity contribution in [1.82, 2.24) is 4.98 Å². The van der Waals surface area contributed by atoms with E-state index in [4.69, 9.17) is 9.84 Å². The molecule has 0 atom stereocenters. The summed E-state index contributed by atoms with van der Waals surface area (Å²) in [6.45, 7) is 2.53. The number of hydrogen-bond acceptors (Lipinski definition) is 4. The number of halogens is 1. The Hall–Kier alpha value is -2.73. The molecule has 1 heterocycles. The number of aromatic nitrogens is 1. The molecule has 1 aromatic heterocycles. The molecule has 0 saturated carbocycles. The van der Waals surface area contributed by atoms with Gasteiger partial charge >= 0.3 is 5.97 Å². The van der Waals surface area contributed by atoms with Crippen LogP contribution in [0.1, 0.15) is 22.6 Å². The van der Waals surface area contributed by atoms with Crippen LogP contribution in [0.25, 0.3) is 10.6 Å². The Morgan fingerprint density at radius 3 is 2.48 bits per heavy atom. The van der Waals surface area contributed by atoms with Crippen LogP contribution in [0.3, 0.4) is 0 Å². The van der Waals surface area contributed by atoms with Crippen molar-refractivity contribution >= 4 is 17.3 Å². The van der Waals surface area contributed by atoms with Crippen LogP contribution in [0.5, 0.6) is 5.75 Å². The molecule has 1 N–H and O–H groups in total. The first-order valence-electron chi connectivity index (χ1n) is 8.67. The highest BCUT2D eigenvalue weighted by Gasteiger charge is 2.10. The van der Waals surface area contributed by atoms with Crippen LogP contribution >= 0.6 is 11.3 Å². The smallest absolute Gasteiger partial charge is 0.303 e. The van der Waals surface area contributed by atoms with Crippen LogP contribution in [0.2, 0.25) is 0 Å². The van der Waals surface area contributed by atoms with Crippen LogP contribution in [0, 0.1) is 12.7 Å². The largest absolute Gasteiger partial charge is 0.493 e. The zero-order valence-electron chi connectivity index (χ0n) is 14.9. The maximum Gasteiger partial charge on any atom is 0.303 e. The van der Waals surface area contributed by atoms with Gasteiger partial charge in [0.2, 0.25) is 0 Å². The molecule has 27 heavy (non-hydrogen) atoms. The van der Waals surface area contributed by atoms with Gasteiger partial charge < -0.3 is 9.84 Å². The monoisotopic (exact) mass is 385 g/mol. The van der Waals surface area contributed by atoms with E-state index in [1.807, 2.05) is 31.2 Å². The minimum Gasteiger partial charge on any atom is -0.493 e. The fraction of sp³-hybridized carbons (Fsp3) is 0.238. The first kappa shape index (κ1) is 19.0. The van der Waals surface area contributed by atoms with Crippen LogP contribution < -0.4 is 4.74 Å². The molecule has 0 saturated heterocycles. The lowest BCUT2D eigenvalue weighted by molar-refractivity contribution is -0.136. The second kappa shape index (κ2) is 8.77. The Kier molecular flexibility index (Phi) is 6.19. The number of thiazole rings is 1. The minimum atomic E-state index is -0.797. The molecule has 3 rings (SSSR count). The quantitative estimate of drug-likeness (QED) is 0.599. The Balaban J connectivity index is 1.54. The fourth-order valence-electron chi connectivity index (χ4n) is 2.65. The van der Waals surface area contributed by atoms with Gasteiger partial charge in [-0.2, -0.15) is 0 Å². The Morgan fingerprint density at radius 2 is 1.81 bits per heavy atom. The van der Waals surface area contributed by atoms with Gasteiger partial charge in [-0.05, 0) is 55.3 Å². The van der Waals surface area contributed by atoms with Gasteiger partial charge in [0.1, 0.15) is 16.6 Å². The number of carbonyl (C=O) groups is 1. The molecule has 0 radical (unpaired) electrons. The molecule has 0 unspecified atom stereocenters. The number of hydrogen-bond donors (Lipinski definition) is 1. The third-order valence-corrected chi connectivity index (χ3v) is 5.20. The van der Waals surface area contributed by atoms with Crippen molar-refractivity contribution in [2.45, 2.75) is 26.2 Å². The fourth-order valence-corrected chi connectivity index (χ4v) is 3.61. The highest BCUT2D eigenvalue weighted by Crippen LogP contribution is 2.28. The predicted molar refractivity (Wildman–Crippen MR) is 104 cm³/mol. The SMILES string of the molecule is Cc1sc(-c2ccc(F)cc2)nc1CCOc1ccc(CCC(=O)O)cc1. The van der Waals surface area contributed by atoms with Gasteiger partial charge in [-0.1, -0.05) is 12.1 Å². The summed E-state index contributed by atoms with van der Waals surface area (Å²) in [4.78, 5) is 16.4. The molecule has 0 spiro atoms. The average Bonchev–Trinajstić information content (AvgIpc) is 3.02. The summed E-state index contributed by atoms with van der Waals surface area (Å²) in [5, 5.41) is 9.60. The number of carboxylic acids is 1. The molecule has 140 valence electrons. The van der Waals surface area contributed by atoms with Crippen molar-refractivity contribution in [3.05, 3.63) is 70.5 Å². The molecule has 0 bridgehead atoms. The van der Waals surface area contributed by atoms with Crippen LogP contribution in [0.4, 0.5) is 4.39 Å². The van der Waals surface area contributed by atoms with Gasteiger partial charge in [0.15, 0.2) is 0 Å². The molecule has 0 aliphatic rings. The molecular formula is C21H20FNO3S. The van der Waals surface area contributed by atoms with E-state index >= 15 is 0 Å². The second-order valence-electron chi connectivity index (χ2n) is 6.16. The van der Waals surface area contributed by atoms with Crippen molar-refractivity contribution in [3.8, 4) is 16.3 Å². The number of carboxylic acid groups (broad SMARTS) is 1. The number of nitrogens with zero attached hydrogens (tertiary/aromatic N) is 1. The van der Waals surface area contributed by atoms with Gasteiger partial charge in [0.05, 0.1) is 12.3 Å². The lowest BCUT2D eigenvalue weighted by Crippen LogP contribution is -2.03. The third-order valence-electron chi connectivity index (χ3n) is 4.14. The van der Waals surface area contributed by atoms with E-state index in [1.165, 1.54) is 12.1 Å². The number of aryl methyl sites for hydroxylation is 2. The highest BCUT2D eigenvalue weighted by molar-refractivity contribution is 7.15. The maximum absolute atomic E-state index is 13.1. The molecule has 0 aliphatic carbocycles. The summed E-state index contributed by atoms with van der Waals surface area (Å²) in [5.41, 5.74) is 2.87. The zero-order chi connectivity index (χ0) is 19.2. The first-order valence-corrected chi connectivity index (χ1v) is 9.48. The molecule has 0 amide bonds. The van der Waals surface area contributed by atoms with Crippen LogP contribution in [-0.2, 0) is 17.6 Å². The minimum absolute atomic E-state index is 0.125. The van der Waals surface area contributed by atoms with Crippen molar-refractivity contribution < 1.29 is 19.0 Å². The maximum atomic E-state index is 13.1. The Morgan fingerprint density at radius 1 is 1.11 bits per heavy atom. The molecule has 4 nitrogen and oxygen atoms in total. The van der Waals surface area contributed by atoms with E-state index < -0.39 is 5.97 Å². The van der Waals surface area contributed by atoms with Gasteiger partial charge in [0, 0.05) is 23.3 Å². The van der Waals surface area contributed by atoms with Crippen molar-refractivity contribution in [2.24, 2.45) is 0 Å². The molecule has 6 heteroatoms. The van der Waals surface area contributed by atoms with E-state index in [1.54, 1.807) is 23.5 Å². The predicted octanol–water partition coefficient (Wildman–Crippen LogP) is 4.90. The van der Waals surface area contributed by atoms with E-state index in [-0.39, 0.29) is 12.2 Å². The first-order chi connectivity index (χ1) is 13.0. The van der Waals surface area contributed by atoms with Gasteiger partial charge in [-0.3, -0.25) is 4.79 Å². The number of benzene rings is 2. The van der Waals surface area contributed by atoms with Crippen LogP contribution in [-0.4, -0.2) is 22.7 Å². The van der Waals surface area contributed by atoms with E-state index in [0.717, 1.165) is 32.5 Å². The van der Waals surface area contributed by atoms with Gasteiger partial charge in [-0.25, -0.2) is 9.37 Å². The van der Waals surface area contributed by atoms with E-state index in [0.29, 0.717) is 19.4 Å². The van der Waals surface area contributed by atoms with Crippen molar-refractivity contribution in [3.63, 3.8) is 0 Å². The molecule has 2 aromatic carbocycles. The number of rotatable bonds is 8. The number of ether oxygens (including phenoxy) is 1. The lowest BCUT2D eigenvalue weighted by Gasteiger charge is -2.06. The Bertz CT molecular complexity index is 904. The van der Waals surface area contributed by atoms with Crippen LogP contribution in [0.15, 0.2) is 48.5 Å². The summed E-state index contributed by atoms with van der Waals surface area (Å²) in [7, 11) is 0. The average molecular weight is 385 g/mol. The zero-order valence-corrected chi connectivity index (χ0v) is 15.8. The number of aliphatic carboxylic acids is 1. The van der Waals surface area contributed by atoms with E-state index in [9.17, 15) is 9.18 Å². The topological polar surface area (TPSA) is 59.4 Å². The molecule has 3 aromatic rings. The summed E-state index contributed by atoms with van der Waals surface area (Å²) in [6.07, 6.45) is 1.32. The summed E-state index contributed by atoms with van der Waals surface area (Å²) < 4.78 is 18.8. The van der Waals surface area contributed by atoms with Gasteiger partial charge in [-0.15, -0.1) is 11.3 Å². The van der Waals surface area contributed by atoms with E-state index in [2.05, 4.69) is 4.98 Å². The molecule has 0 aliphatic heterocycles. The normalized spacial score (nSPS) is 10.7. The Labute approximate surface area is 161 Å². The standard InChI is InChI=1S/C21H20FNO3S/c1-14-19(23-21(27-14)16-5-7-17(22)8-6-16)12-13-26-18-9-2-15(3-10-18)4-11-20(24)25/h2-3,5-10H,4,11-13H2,1H3,(H,24,25). The highest BCUT2D eigenvalue weighted by atomic mass is 32.1. The van der Waals surface area contributed by atoms with Crippen molar-refractivity contribution in [2.75, 3.05) is 6.61 Å². The van der Waals surface area contributed by atoms with Crippen molar-refractivity contribution in [1.29, 1.82) is 0 Å².